The summed E-state index contributed by atoms with van der Waals surface area (Å²) in [6.07, 6.45) is -5.69. The molecule has 0 spiro atoms. The number of halogens is 3. The molecule has 8 heteroatoms. The lowest BCUT2D eigenvalue weighted by molar-refractivity contribution is -0.187. The van der Waals surface area contributed by atoms with Crippen LogP contribution in [-0.4, -0.2) is 22.4 Å². The molecule has 2 aromatic carbocycles. The lowest BCUT2D eigenvalue weighted by Crippen LogP contribution is -2.46. The van der Waals surface area contributed by atoms with Crippen LogP contribution in [0, 0.1) is 0 Å². The Morgan fingerprint density at radius 2 is 1.86 bits per heavy atom. The molecule has 3 rings (SSSR count). The van der Waals surface area contributed by atoms with E-state index in [9.17, 15) is 23.1 Å². The molecule has 0 saturated carbocycles. The average molecular weight is 393 g/mol. The quantitative estimate of drug-likeness (QED) is 0.780. The van der Waals surface area contributed by atoms with Crippen molar-refractivity contribution in [1.29, 1.82) is 0 Å². The molecule has 1 N–H and O–H groups in total. The van der Waals surface area contributed by atoms with Crippen molar-refractivity contribution in [1.82, 2.24) is 0 Å². The van der Waals surface area contributed by atoms with E-state index in [0.717, 1.165) is 17.7 Å². The van der Waals surface area contributed by atoms with Gasteiger partial charge in [-0.2, -0.15) is 13.2 Å². The third-order valence-electron chi connectivity index (χ3n) is 4.47. The topological polar surface area (TPSA) is 68.1 Å². The van der Waals surface area contributed by atoms with Gasteiger partial charge >= 0.3 is 12.1 Å². The number of aliphatic carboxylic acids is 1. The maximum absolute atomic E-state index is 12.9. The zero-order chi connectivity index (χ0) is 20.4. The van der Waals surface area contributed by atoms with Gasteiger partial charge in [-0.1, -0.05) is 47.6 Å². The van der Waals surface area contributed by atoms with Crippen molar-refractivity contribution in [2.45, 2.75) is 37.8 Å². The largest absolute Gasteiger partial charge is 0.478 e. The number of oxime groups is 1. The van der Waals surface area contributed by atoms with Crippen molar-refractivity contribution in [3.63, 3.8) is 0 Å². The van der Waals surface area contributed by atoms with Crippen molar-refractivity contribution >= 4 is 11.7 Å². The zero-order valence-corrected chi connectivity index (χ0v) is 14.9. The molecule has 0 saturated heterocycles. The highest BCUT2D eigenvalue weighted by atomic mass is 19.4. The van der Waals surface area contributed by atoms with Gasteiger partial charge in [0.15, 0.2) is 0 Å². The Bertz CT molecular complexity index is 865. The Morgan fingerprint density at radius 3 is 2.36 bits per heavy atom. The van der Waals surface area contributed by atoms with Crippen molar-refractivity contribution < 1.29 is 32.6 Å². The molecule has 0 bridgehead atoms. The maximum Gasteiger partial charge on any atom is 0.416 e. The Labute approximate surface area is 159 Å². The van der Waals surface area contributed by atoms with Crippen LogP contribution in [-0.2, 0) is 27.2 Å². The number of hydrogen-bond donors (Lipinski definition) is 1. The standard InChI is InChI=1S/C20H18F3NO4/c1-13-11-19(18(25)26,28-24-13)17(27-12-14-5-3-2-4-6-14)15-7-9-16(10-8-15)20(21,22)23/h2-10,17H,11-12H2,1H3,(H,25,26). The summed E-state index contributed by atoms with van der Waals surface area (Å²) in [5.41, 5.74) is -1.17. The molecule has 0 aromatic heterocycles. The predicted octanol–water partition coefficient (Wildman–Crippen LogP) is 4.58. The number of benzene rings is 2. The summed E-state index contributed by atoms with van der Waals surface area (Å²) in [5.74, 6) is -1.30. The predicted molar refractivity (Wildman–Crippen MR) is 94.6 cm³/mol. The van der Waals surface area contributed by atoms with E-state index >= 15 is 0 Å². The molecule has 2 atom stereocenters. The Morgan fingerprint density at radius 1 is 1.21 bits per heavy atom. The second kappa shape index (κ2) is 7.63. The summed E-state index contributed by atoms with van der Waals surface area (Å²) in [5, 5.41) is 13.6. The van der Waals surface area contributed by atoms with Crippen LogP contribution in [0.5, 0.6) is 0 Å². The van der Waals surface area contributed by atoms with Gasteiger partial charge < -0.3 is 14.7 Å². The molecule has 0 amide bonds. The van der Waals surface area contributed by atoms with E-state index in [2.05, 4.69) is 5.16 Å². The van der Waals surface area contributed by atoms with Crippen molar-refractivity contribution in [2.75, 3.05) is 0 Å². The minimum absolute atomic E-state index is 0.0389. The number of ether oxygens (including phenoxy) is 1. The van der Waals surface area contributed by atoms with Crippen molar-refractivity contribution in [2.24, 2.45) is 5.16 Å². The lowest BCUT2D eigenvalue weighted by atomic mass is 9.86. The van der Waals surface area contributed by atoms with Gasteiger partial charge in [0.1, 0.15) is 6.10 Å². The number of carbonyl (C=O) groups is 1. The van der Waals surface area contributed by atoms with Crippen LogP contribution < -0.4 is 0 Å². The first kappa shape index (κ1) is 19.9. The highest BCUT2D eigenvalue weighted by molar-refractivity contribution is 5.92. The molecule has 1 aliphatic heterocycles. The third-order valence-corrected chi connectivity index (χ3v) is 4.47. The SMILES string of the molecule is CC1=NOC(C(=O)O)(C(OCc2ccccc2)c2ccc(C(F)(F)F)cc2)C1. The van der Waals surface area contributed by atoms with Gasteiger partial charge in [-0.3, -0.25) is 0 Å². The minimum Gasteiger partial charge on any atom is -0.478 e. The van der Waals surface area contributed by atoms with Crippen LogP contribution in [0.4, 0.5) is 13.2 Å². The van der Waals surface area contributed by atoms with Crippen LogP contribution in [0.1, 0.15) is 36.1 Å². The molecule has 0 aliphatic carbocycles. The summed E-state index contributed by atoms with van der Waals surface area (Å²) < 4.78 is 44.5. The second-order valence-electron chi connectivity index (χ2n) is 6.59. The Hall–Kier alpha value is -2.87. The highest BCUT2D eigenvalue weighted by Crippen LogP contribution is 2.41. The molecule has 2 unspecified atom stereocenters. The summed E-state index contributed by atoms with van der Waals surface area (Å²) in [7, 11) is 0. The van der Waals surface area contributed by atoms with Crippen LogP contribution >= 0.6 is 0 Å². The Kier molecular flexibility index (Phi) is 5.42. The lowest BCUT2D eigenvalue weighted by Gasteiger charge is -2.31. The molecular formula is C20H18F3NO4. The number of carboxylic acids is 1. The van der Waals surface area contributed by atoms with E-state index < -0.39 is 29.4 Å². The second-order valence-corrected chi connectivity index (χ2v) is 6.59. The number of hydrogen-bond acceptors (Lipinski definition) is 4. The average Bonchev–Trinajstić information content (AvgIpc) is 3.05. The fraction of sp³-hybridized carbons (Fsp3) is 0.300. The zero-order valence-electron chi connectivity index (χ0n) is 14.9. The highest BCUT2D eigenvalue weighted by Gasteiger charge is 2.54. The molecule has 1 aliphatic rings. The van der Waals surface area contributed by atoms with E-state index in [-0.39, 0.29) is 18.6 Å². The molecular weight excluding hydrogens is 375 g/mol. The monoisotopic (exact) mass is 393 g/mol. The molecule has 148 valence electrons. The summed E-state index contributed by atoms with van der Waals surface area (Å²) >= 11 is 0. The van der Waals surface area contributed by atoms with Gasteiger partial charge in [0.25, 0.3) is 5.60 Å². The molecule has 5 nitrogen and oxygen atoms in total. The Balaban J connectivity index is 1.95. The summed E-state index contributed by atoms with van der Waals surface area (Å²) in [4.78, 5) is 17.3. The number of rotatable bonds is 6. The van der Waals surface area contributed by atoms with Gasteiger partial charge in [-0.05, 0) is 30.2 Å². The van der Waals surface area contributed by atoms with Crippen LogP contribution in [0.25, 0.3) is 0 Å². The third kappa shape index (κ3) is 4.01. The first-order chi connectivity index (χ1) is 13.2. The molecule has 0 radical (unpaired) electrons. The molecule has 2 aromatic rings. The van der Waals surface area contributed by atoms with Gasteiger partial charge in [-0.15, -0.1) is 0 Å². The van der Waals surface area contributed by atoms with E-state index in [1.54, 1.807) is 31.2 Å². The van der Waals surface area contributed by atoms with Gasteiger partial charge in [0.2, 0.25) is 0 Å². The number of nitrogens with zero attached hydrogens (tertiary/aromatic N) is 1. The van der Waals surface area contributed by atoms with E-state index in [4.69, 9.17) is 9.57 Å². The minimum atomic E-state index is -4.49. The molecule has 0 fully saturated rings. The fourth-order valence-electron chi connectivity index (χ4n) is 3.07. The van der Waals surface area contributed by atoms with Gasteiger partial charge in [0.05, 0.1) is 17.9 Å². The smallest absolute Gasteiger partial charge is 0.416 e. The summed E-state index contributed by atoms with van der Waals surface area (Å²) in [6, 6.07) is 13.2. The van der Waals surface area contributed by atoms with Crippen LogP contribution in [0.15, 0.2) is 59.8 Å². The van der Waals surface area contributed by atoms with Crippen LogP contribution in [0.3, 0.4) is 0 Å². The first-order valence-electron chi connectivity index (χ1n) is 8.50. The number of alkyl halides is 3. The van der Waals surface area contributed by atoms with Crippen molar-refractivity contribution in [3.8, 4) is 0 Å². The normalized spacial score (nSPS) is 20.4. The van der Waals surface area contributed by atoms with Gasteiger partial charge in [-0.25, -0.2) is 4.79 Å². The van der Waals surface area contributed by atoms with Crippen LogP contribution in [0.2, 0.25) is 0 Å². The van der Waals surface area contributed by atoms with E-state index in [1.807, 2.05) is 6.07 Å². The maximum atomic E-state index is 12.9. The van der Waals surface area contributed by atoms with E-state index in [0.29, 0.717) is 5.71 Å². The van der Waals surface area contributed by atoms with Crippen molar-refractivity contribution in [3.05, 3.63) is 71.3 Å². The van der Waals surface area contributed by atoms with Gasteiger partial charge in [0, 0.05) is 6.42 Å². The summed E-state index contributed by atoms with van der Waals surface area (Å²) in [6.45, 7) is 1.68. The number of carboxylic acid groups (broad SMARTS) is 1. The first-order valence-corrected chi connectivity index (χ1v) is 8.50. The molecule has 28 heavy (non-hydrogen) atoms. The fourth-order valence-corrected chi connectivity index (χ4v) is 3.07. The van der Waals surface area contributed by atoms with E-state index in [1.165, 1.54) is 12.1 Å². The molecule has 1 heterocycles.